The van der Waals surface area contributed by atoms with Crippen LogP contribution in [0.5, 0.6) is 0 Å². The first-order valence-electron chi connectivity index (χ1n) is 13.2. The van der Waals surface area contributed by atoms with Crippen LogP contribution in [0.1, 0.15) is 126 Å². The van der Waals surface area contributed by atoms with Gasteiger partial charge in [-0.25, -0.2) is 0 Å². The molecule has 1 aliphatic heterocycles. The number of rotatable bonds is 5. The molecule has 1 aromatic heterocycles. The zero-order valence-electron chi connectivity index (χ0n) is 22.8. The number of nitrogens with zero attached hydrogens (tertiary/aromatic N) is 1. The highest BCUT2D eigenvalue weighted by Gasteiger charge is 2.55. The van der Waals surface area contributed by atoms with Crippen LogP contribution in [-0.4, -0.2) is 28.5 Å². The van der Waals surface area contributed by atoms with E-state index < -0.39 is 47.0 Å². The van der Waals surface area contributed by atoms with Crippen molar-refractivity contribution in [3.05, 3.63) is 51.4 Å². The SMILES string of the molecule is CC(=O)OC1c2nc(C(C)C)c3c(c2[C@@H](O)CC1(C)C)C1(CCCC1)O[C@@H]3/C(C=N)=C/C=C(\C)C(F)(F)F. The molecule has 1 aromatic rings. The van der Waals surface area contributed by atoms with E-state index in [1.54, 1.807) is 0 Å². The van der Waals surface area contributed by atoms with Crippen molar-refractivity contribution in [1.29, 1.82) is 5.41 Å². The van der Waals surface area contributed by atoms with E-state index in [9.17, 15) is 23.1 Å². The Morgan fingerprint density at radius 1 is 1.18 bits per heavy atom. The molecule has 9 heteroatoms. The van der Waals surface area contributed by atoms with Gasteiger partial charge in [0.2, 0.25) is 0 Å². The first-order valence-corrected chi connectivity index (χ1v) is 13.2. The number of nitrogens with one attached hydrogen (secondary N) is 1. The largest absolute Gasteiger partial charge is 0.455 e. The molecule has 1 fully saturated rings. The molecule has 0 saturated heterocycles. The summed E-state index contributed by atoms with van der Waals surface area (Å²) in [6.45, 7) is 10.2. The minimum Gasteiger partial charge on any atom is -0.455 e. The summed E-state index contributed by atoms with van der Waals surface area (Å²) in [5, 5.41) is 19.6. The molecule has 2 heterocycles. The number of aromatic nitrogens is 1. The molecule has 0 radical (unpaired) electrons. The second-order valence-electron chi connectivity index (χ2n) is 11.8. The number of hydrogen-bond donors (Lipinski definition) is 2. The summed E-state index contributed by atoms with van der Waals surface area (Å²) >= 11 is 0. The lowest BCUT2D eigenvalue weighted by Crippen LogP contribution is -2.37. The molecule has 6 nitrogen and oxygen atoms in total. The van der Waals surface area contributed by atoms with Crippen LogP contribution < -0.4 is 0 Å². The number of carbonyl (C=O) groups is 1. The van der Waals surface area contributed by atoms with E-state index in [-0.39, 0.29) is 11.5 Å². The Morgan fingerprint density at radius 3 is 2.34 bits per heavy atom. The minimum atomic E-state index is -4.48. The number of fused-ring (bicyclic) bond motifs is 4. The van der Waals surface area contributed by atoms with Crippen LogP contribution in [0, 0.1) is 10.8 Å². The first-order chi connectivity index (χ1) is 17.6. The highest BCUT2D eigenvalue weighted by Crippen LogP contribution is 2.61. The zero-order chi connectivity index (χ0) is 28.2. The number of esters is 1. The van der Waals surface area contributed by atoms with Crippen LogP contribution in [-0.2, 0) is 19.9 Å². The molecule has 1 unspecified atom stereocenters. The Hall–Kier alpha value is -2.52. The number of pyridine rings is 1. The van der Waals surface area contributed by atoms with E-state index >= 15 is 0 Å². The average Bonchev–Trinajstić information content (AvgIpc) is 3.40. The third kappa shape index (κ3) is 4.83. The normalized spacial score (nSPS) is 26.4. The van der Waals surface area contributed by atoms with E-state index in [0.29, 0.717) is 41.8 Å². The maximum Gasteiger partial charge on any atom is 0.412 e. The van der Waals surface area contributed by atoms with Crippen molar-refractivity contribution >= 4 is 12.2 Å². The van der Waals surface area contributed by atoms with E-state index in [2.05, 4.69) is 0 Å². The fraction of sp³-hybridized carbons (Fsp3) is 0.621. The summed E-state index contributed by atoms with van der Waals surface area (Å²) < 4.78 is 52.1. The fourth-order valence-electron chi connectivity index (χ4n) is 6.26. The molecule has 0 aromatic carbocycles. The zero-order valence-corrected chi connectivity index (χ0v) is 22.8. The Balaban J connectivity index is 2.02. The summed E-state index contributed by atoms with van der Waals surface area (Å²) in [5.74, 6) is -0.541. The standard InChI is InChI=1S/C29H37F3N2O4/c1-15(2)23-21-22(20-19(36)13-27(5,6)26(24(20)34-23)37-17(4)35)28(11-7-8-12-28)38-25(21)18(14-33)10-9-16(3)29(30,31)32/h9-10,14-15,19,25-26,33,36H,7-8,11-13H2,1-6H3/b16-9+,18-10+,33-14?/t19-,25+,26?/m0/s1. The van der Waals surface area contributed by atoms with Crippen LogP contribution in [0.4, 0.5) is 13.2 Å². The van der Waals surface area contributed by atoms with Crippen molar-refractivity contribution in [3.63, 3.8) is 0 Å². The molecule has 3 aliphatic rings. The lowest BCUT2D eigenvalue weighted by atomic mass is 9.68. The second-order valence-corrected chi connectivity index (χ2v) is 11.8. The number of carbonyl (C=O) groups excluding carboxylic acids is 1. The molecule has 3 atom stereocenters. The molecule has 2 aliphatic carbocycles. The van der Waals surface area contributed by atoms with Crippen LogP contribution in [0.3, 0.4) is 0 Å². The van der Waals surface area contributed by atoms with Crippen LogP contribution in [0.25, 0.3) is 0 Å². The first kappa shape index (κ1) is 28.5. The van der Waals surface area contributed by atoms with Gasteiger partial charge in [-0.3, -0.25) is 9.78 Å². The number of alkyl halides is 3. The van der Waals surface area contributed by atoms with E-state index in [0.717, 1.165) is 37.6 Å². The van der Waals surface area contributed by atoms with Gasteiger partial charge in [-0.05, 0) is 37.7 Å². The molecule has 0 bridgehead atoms. The number of aliphatic hydroxyl groups excluding tert-OH is 1. The fourth-order valence-corrected chi connectivity index (χ4v) is 6.26. The Labute approximate surface area is 221 Å². The van der Waals surface area contributed by atoms with Gasteiger partial charge >= 0.3 is 12.1 Å². The molecular weight excluding hydrogens is 497 g/mol. The van der Waals surface area contributed by atoms with Gasteiger partial charge in [0.05, 0.1) is 17.4 Å². The molecule has 38 heavy (non-hydrogen) atoms. The monoisotopic (exact) mass is 534 g/mol. The maximum absolute atomic E-state index is 13.2. The minimum absolute atomic E-state index is 0.101. The lowest BCUT2D eigenvalue weighted by Gasteiger charge is -2.42. The number of aliphatic hydroxyl groups is 1. The Kier molecular flexibility index (Phi) is 7.42. The van der Waals surface area contributed by atoms with Gasteiger partial charge < -0.3 is 20.0 Å². The lowest BCUT2D eigenvalue weighted by molar-refractivity contribution is -0.156. The second kappa shape index (κ2) is 9.90. The Morgan fingerprint density at radius 2 is 1.82 bits per heavy atom. The smallest absolute Gasteiger partial charge is 0.412 e. The molecule has 0 amide bonds. The Bertz CT molecular complexity index is 1190. The van der Waals surface area contributed by atoms with Gasteiger partial charge in [0, 0.05) is 46.5 Å². The summed E-state index contributed by atoms with van der Waals surface area (Å²) in [4.78, 5) is 17.1. The molecule has 208 valence electrons. The quantitative estimate of drug-likeness (QED) is 0.237. The topological polar surface area (TPSA) is 92.5 Å². The number of allylic oxidation sites excluding steroid dienone is 3. The number of halogens is 3. The van der Waals surface area contributed by atoms with Crippen LogP contribution in [0.2, 0.25) is 0 Å². The molecular formula is C29H37F3N2O4. The summed E-state index contributed by atoms with van der Waals surface area (Å²) in [5.41, 5.74) is 1.51. The predicted octanol–water partition coefficient (Wildman–Crippen LogP) is 7.20. The molecule has 1 spiro atoms. The summed E-state index contributed by atoms with van der Waals surface area (Å²) in [7, 11) is 0. The van der Waals surface area contributed by atoms with E-state index in [1.807, 2.05) is 27.7 Å². The van der Waals surface area contributed by atoms with Crippen molar-refractivity contribution in [2.45, 2.75) is 110 Å². The number of ether oxygens (including phenoxy) is 2. The summed E-state index contributed by atoms with van der Waals surface area (Å²) in [6, 6.07) is 0. The summed E-state index contributed by atoms with van der Waals surface area (Å²) in [6.07, 6.45) is -0.0359. The third-order valence-corrected chi connectivity index (χ3v) is 8.09. The van der Waals surface area contributed by atoms with Crippen LogP contribution >= 0.6 is 0 Å². The van der Waals surface area contributed by atoms with Gasteiger partial charge in [-0.1, -0.05) is 52.7 Å². The third-order valence-electron chi connectivity index (χ3n) is 8.09. The van der Waals surface area contributed by atoms with Gasteiger partial charge in [-0.2, -0.15) is 13.2 Å². The van der Waals surface area contributed by atoms with Crippen molar-refractivity contribution in [2.24, 2.45) is 5.41 Å². The maximum atomic E-state index is 13.2. The van der Waals surface area contributed by atoms with Crippen molar-refractivity contribution in [3.8, 4) is 0 Å². The van der Waals surface area contributed by atoms with Crippen molar-refractivity contribution in [2.75, 3.05) is 0 Å². The van der Waals surface area contributed by atoms with Gasteiger partial charge in [-0.15, -0.1) is 0 Å². The number of hydrogen-bond acceptors (Lipinski definition) is 6. The predicted molar refractivity (Wildman–Crippen MR) is 137 cm³/mol. The van der Waals surface area contributed by atoms with Crippen LogP contribution in [0.15, 0.2) is 23.3 Å². The van der Waals surface area contributed by atoms with Crippen molar-refractivity contribution < 1.29 is 32.5 Å². The van der Waals surface area contributed by atoms with Gasteiger partial charge in [0.1, 0.15) is 12.2 Å². The molecule has 1 saturated carbocycles. The molecule has 2 N–H and O–H groups in total. The highest BCUT2D eigenvalue weighted by atomic mass is 19.4. The highest BCUT2D eigenvalue weighted by molar-refractivity contribution is 5.79. The van der Waals surface area contributed by atoms with E-state index in [1.165, 1.54) is 13.0 Å². The molecule has 4 rings (SSSR count). The van der Waals surface area contributed by atoms with Gasteiger partial charge in [0.15, 0.2) is 0 Å². The average molecular weight is 535 g/mol. The van der Waals surface area contributed by atoms with Gasteiger partial charge in [0.25, 0.3) is 0 Å². The van der Waals surface area contributed by atoms with Crippen molar-refractivity contribution in [1.82, 2.24) is 4.98 Å². The van der Waals surface area contributed by atoms with E-state index in [4.69, 9.17) is 19.9 Å².